The summed E-state index contributed by atoms with van der Waals surface area (Å²) < 4.78 is 13.5. The maximum absolute atomic E-state index is 13.5. The molecule has 3 rings (SSSR count). The molecule has 1 amide bonds. The van der Waals surface area contributed by atoms with E-state index in [9.17, 15) is 9.18 Å². The smallest absolute Gasteiger partial charge is 0.225 e. The van der Waals surface area contributed by atoms with Gasteiger partial charge in [0.1, 0.15) is 5.82 Å². The molecule has 1 aromatic carbocycles. The summed E-state index contributed by atoms with van der Waals surface area (Å²) in [7, 11) is 0. The standard InChI is InChI=1S/C18H22FN5O/c19-16-5-2-1-4-15(16)14-22-17(25)6-9-23-10-12-24(13-11-23)18-20-7-3-8-21-18/h1-5,7-8H,6,9-14H2,(H,22,25). The maximum Gasteiger partial charge on any atom is 0.225 e. The first kappa shape index (κ1) is 17.3. The lowest BCUT2D eigenvalue weighted by atomic mass is 10.2. The minimum Gasteiger partial charge on any atom is -0.352 e. The van der Waals surface area contributed by atoms with Crippen molar-refractivity contribution in [2.45, 2.75) is 13.0 Å². The first-order valence-corrected chi connectivity index (χ1v) is 8.47. The molecule has 132 valence electrons. The fourth-order valence-corrected chi connectivity index (χ4v) is 2.81. The lowest BCUT2D eigenvalue weighted by Crippen LogP contribution is -2.47. The molecule has 0 radical (unpaired) electrons. The molecule has 25 heavy (non-hydrogen) atoms. The van der Waals surface area contributed by atoms with Crippen molar-refractivity contribution in [2.24, 2.45) is 0 Å². The van der Waals surface area contributed by atoms with Gasteiger partial charge in [-0.2, -0.15) is 0 Å². The van der Waals surface area contributed by atoms with Crippen molar-refractivity contribution in [1.29, 1.82) is 0 Å². The van der Waals surface area contributed by atoms with Gasteiger partial charge in [0.25, 0.3) is 0 Å². The van der Waals surface area contributed by atoms with E-state index in [2.05, 4.69) is 25.1 Å². The van der Waals surface area contributed by atoms with E-state index in [-0.39, 0.29) is 18.3 Å². The molecule has 0 unspecified atom stereocenters. The van der Waals surface area contributed by atoms with Gasteiger partial charge >= 0.3 is 0 Å². The molecule has 0 saturated carbocycles. The van der Waals surface area contributed by atoms with E-state index in [4.69, 9.17) is 0 Å². The van der Waals surface area contributed by atoms with Crippen LogP contribution in [0.4, 0.5) is 10.3 Å². The molecule has 2 heterocycles. The van der Waals surface area contributed by atoms with E-state index in [1.54, 1.807) is 36.7 Å². The second kappa shape index (κ2) is 8.53. The van der Waals surface area contributed by atoms with Crippen LogP contribution in [0.1, 0.15) is 12.0 Å². The number of carbonyl (C=O) groups excluding carboxylic acids is 1. The Morgan fingerprint density at radius 2 is 1.80 bits per heavy atom. The van der Waals surface area contributed by atoms with Gasteiger partial charge in [0.15, 0.2) is 0 Å². The lowest BCUT2D eigenvalue weighted by Gasteiger charge is -2.34. The molecule has 0 bridgehead atoms. The number of aromatic nitrogens is 2. The summed E-state index contributed by atoms with van der Waals surface area (Å²) >= 11 is 0. The van der Waals surface area contributed by atoms with Gasteiger partial charge in [-0.3, -0.25) is 9.69 Å². The van der Waals surface area contributed by atoms with E-state index in [0.717, 1.165) is 32.1 Å². The second-order valence-electron chi connectivity index (χ2n) is 6.00. The topological polar surface area (TPSA) is 61.4 Å². The molecule has 0 aliphatic carbocycles. The van der Waals surface area contributed by atoms with E-state index < -0.39 is 0 Å². The number of nitrogens with zero attached hydrogens (tertiary/aromatic N) is 4. The van der Waals surface area contributed by atoms with Crippen LogP contribution in [0.2, 0.25) is 0 Å². The molecule has 6 nitrogen and oxygen atoms in total. The molecule has 0 spiro atoms. The summed E-state index contributed by atoms with van der Waals surface area (Å²) in [6.45, 7) is 4.37. The number of carbonyl (C=O) groups is 1. The summed E-state index contributed by atoms with van der Waals surface area (Å²) in [5, 5.41) is 2.78. The zero-order valence-electron chi connectivity index (χ0n) is 14.1. The molecular weight excluding hydrogens is 321 g/mol. The molecule has 0 atom stereocenters. The van der Waals surface area contributed by atoms with E-state index in [0.29, 0.717) is 18.5 Å². The third-order valence-electron chi connectivity index (χ3n) is 4.30. The summed E-state index contributed by atoms with van der Waals surface area (Å²) in [6.07, 6.45) is 3.90. The van der Waals surface area contributed by atoms with Crippen molar-refractivity contribution < 1.29 is 9.18 Å². The Kier molecular flexibility index (Phi) is 5.90. The van der Waals surface area contributed by atoms with Crippen LogP contribution in [0.25, 0.3) is 0 Å². The quantitative estimate of drug-likeness (QED) is 0.860. The summed E-state index contributed by atoms with van der Waals surface area (Å²) in [5.74, 6) is 0.406. The lowest BCUT2D eigenvalue weighted by molar-refractivity contribution is -0.121. The SMILES string of the molecule is O=C(CCN1CCN(c2ncccn2)CC1)NCc1ccccc1F. The average molecular weight is 343 g/mol. The van der Waals surface area contributed by atoms with Gasteiger partial charge in [-0.25, -0.2) is 14.4 Å². The molecule has 7 heteroatoms. The van der Waals surface area contributed by atoms with Crippen LogP contribution < -0.4 is 10.2 Å². The highest BCUT2D eigenvalue weighted by molar-refractivity contribution is 5.76. The highest BCUT2D eigenvalue weighted by Gasteiger charge is 2.19. The number of benzene rings is 1. The summed E-state index contributed by atoms with van der Waals surface area (Å²) in [6, 6.07) is 8.29. The molecule has 2 aromatic rings. The molecule has 1 saturated heterocycles. The van der Waals surface area contributed by atoms with Crippen LogP contribution in [0.5, 0.6) is 0 Å². The minimum absolute atomic E-state index is 0.0583. The van der Waals surface area contributed by atoms with E-state index in [1.807, 2.05) is 0 Å². The third-order valence-corrected chi connectivity index (χ3v) is 4.30. The van der Waals surface area contributed by atoms with Crippen molar-refractivity contribution in [3.05, 3.63) is 54.1 Å². The van der Waals surface area contributed by atoms with E-state index in [1.165, 1.54) is 6.07 Å². The highest BCUT2D eigenvalue weighted by Crippen LogP contribution is 2.10. The first-order chi connectivity index (χ1) is 12.2. The molecule has 1 aromatic heterocycles. The minimum atomic E-state index is -0.290. The van der Waals surface area contributed by atoms with Crippen molar-refractivity contribution in [1.82, 2.24) is 20.2 Å². The second-order valence-corrected chi connectivity index (χ2v) is 6.00. The fourth-order valence-electron chi connectivity index (χ4n) is 2.81. The Labute approximate surface area is 146 Å². The highest BCUT2D eigenvalue weighted by atomic mass is 19.1. The average Bonchev–Trinajstić information content (AvgIpc) is 2.67. The summed E-state index contributed by atoms with van der Waals surface area (Å²) in [4.78, 5) is 24.9. The Balaban J connectivity index is 1.37. The van der Waals surface area contributed by atoms with Crippen LogP contribution in [0.3, 0.4) is 0 Å². The van der Waals surface area contributed by atoms with Gasteiger partial charge < -0.3 is 10.2 Å². The fraction of sp³-hybridized carbons (Fsp3) is 0.389. The number of nitrogens with one attached hydrogen (secondary N) is 1. The van der Waals surface area contributed by atoms with Crippen LogP contribution in [0.15, 0.2) is 42.7 Å². The molecule has 1 aliphatic rings. The maximum atomic E-state index is 13.5. The van der Waals surface area contributed by atoms with Crippen molar-refractivity contribution in [3.8, 4) is 0 Å². The largest absolute Gasteiger partial charge is 0.352 e. The zero-order valence-corrected chi connectivity index (χ0v) is 14.1. The van der Waals surface area contributed by atoms with Crippen molar-refractivity contribution in [3.63, 3.8) is 0 Å². The van der Waals surface area contributed by atoms with Crippen molar-refractivity contribution in [2.75, 3.05) is 37.6 Å². The predicted octanol–water partition coefficient (Wildman–Crippen LogP) is 1.44. The van der Waals surface area contributed by atoms with Gasteiger partial charge in [0, 0.05) is 63.6 Å². The van der Waals surface area contributed by atoms with Crippen LogP contribution in [-0.2, 0) is 11.3 Å². The van der Waals surface area contributed by atoms with Gasteiger partial charge in [-0.05, 0) is 12.1 Å². The van der Waals surface area contributed by atoms with E-state index >= 15 is 0 Å². The third kappa shape index (κ3) is 4.96. The Morgan fingerprint density at radius 1 is 1.08 bits per heavy atom. The number of rotatable bonds is 6. The van der Waals surface area contributed by atoms with Crippen LogP contribution in [-0.4, -0.2) is 53.5 Å². The monoisotopic (exact) mass is 343 g/mol. The number of anilines is 1. The van der Waals surface area contributed by atoms with Gasteiger partial charge in [-0.15, -0.1) is 0 Å². The molecular formula is C18H22FN5O. The Hall–Kier alpha value is -2.54. The van der Waals surface area contributed by atoms with Gasteiger partial charge in [-0.1, -0.05) is 18.2 Å². The van der Waals surface area contributed by atoms with Crippen LogP contribution >= 0.6 is 0 Å². The van der Waals surface area contributed by atoms with Crippen molar-refractivity contribution >= 4 is 11.9 Å². The molecule has 1 aliphatic heterocycles. The van der Waals surface area contributed by atoms with Gasteiger partial charge in [0.2, 0.25) is 11.9 Å². The molecule has 1 fully saturated rings. The number of amides is 1. The van der Waals surface area contributed by atoms with Crippen LogP contribution in [0, 0.1) is 5.82 Å². The van der Waals surface area contributed by atoms with Gasteiger partial charge in [0.05, 0.1) is 0 Å². The number of hydrogen-bond donors (Lipinski definition) is 1. The first-order valence-electron chi connectivity index (χ1n) is 8.47. The number of hydrogen-bond acceptors (Lipinski definition) is 5. The Bertz CT molecular complexity index is 689. The summed E-state index contributed by atoms with van der Waals surface area (Å²) in [5.41, 5.74) is 0.507. The number of piperazine rings is 1. The molecule has 1 N–H and O–H groups in total. The predicted molar refractivity (Wildman–Crippen MR) is 93.5 cm³/mol. The normalized spacial score (nSPS) is 15.2. The number of halogens is 1. The zero-order chi connectivity index (χ0) is 17.5. The Morgan fingerprint density at radius 3 is 2.52 bits per heavy atom.